The molecular weight excluding hydrogens is 202 g/mol. The molecule has 96 valence electrons. The molecule has 3 nitrogen and oxygen atoms in total. The maximum atomic E-state index is 11.5. The van der Waals surface area contributed by atoms with E-state index in [9.17, 15) is 4.79 Å². The van der Waals surface area contributed by atoms with Crippen LogP contribution in [0.4, 0.5) is 0 Å². The monoisotopic (exact) mass is 229 g/mol. The van der Waals surface area contributed by atoms with E-state index in [-0.39, 0.29) is 5.97 Å². The molecule has 0 aliphatic carbocycles. The first-order valence-corrected chi connectivity index (χ1v) is 6.09. The normalized spacial score (nSPS) is 12.6. The van der Waals surface area contributed by atoms with Gasteiger partial charge in [0.15, 0.2) is 0 Å². The molecule has 0 amide bonds. The number of esters is 1. The van der Waals surface area contributed by atoms with Crippen molar-refractivity contribution in [2.24, 2.45) is 5.41 Å². The topological polar surface area (TPSA) is 29.5 Å². The van der Waals surface area contributed by atoms with Crippen molar-refractivity contribution < 1.29 is 9.53 Å². The van der Waals surface area contributed by atoms with Crippen molar-refractivity contribution in [3.63, 3.8) is 0 Å². The van der Waals surface area contributed by atoms with Crippen LogP contribution in [0.1, 0.15) is 48.5 Å². The van der Waals surface area contributed by atoms with Gasteiger partial charge < -0.3 is 4.74 Å². The summed E-state index contributed by atoms with van der Waals surface area (Å²) in [6.45, 7) is 15.5. The van der Waals surface area contributed by atoms with E-state index in [1.54, 1.807) is 0 Å². The van der Waals surface area contributed by atoms with Gasteiger partial charge in [-0.1, -0.05) is 0 Å². The van der Waals surface area contributed by atoms with Gasteiger partial charge in [-0.3, -0.25) is 9.69 Å². The number of rotatable bonds is 5. The van der Waals surface area contributed by atoms with Gasteiger partial charge in [-0.15, -0.1) is 0 Å². The van der Waals surface area contributed by atoms with E-state index in [0.717, 1.165) is 6.54 Å². The molecule has 0 aliphatic rings. The second-order valence-corrected chi connectivity index (χ2v) is 5.81. The first-order chi connectivity index (χ1) is 7.16. The maximum absolute atomic E-state index is 11.5. The highest BCUT2D eigenvalue weighted by Crippen LogP contribution is 2.15. The van der Waals surface area contributed by atoms with Crippen LogP contribution in [0.25, 0.3) is 0 Å². The lowest BCUT2D eigenvalue weighted by molar-refractivity contribution is -0.153. The molecule has 3 heteroatoms. The largest absolute Gasteiger partial charge is 0.464 e. The summed E-state index contributed by atoms with van der Waals surface area (Å²) in [6, 6.07) is 0.960. The minimum atomic E-state index is -0.402. The van der Waals surface area contributed by atoms with Gasteiger partial charge >= 0.3 is 5.97 Å². The summed E-state index contributed by atoms with van der Waals surface area (Å²) in [6.07, 6.45) is 0. The standard InChI is InChI=1S/C13H27NO2/c1-10(2)14(11(3)4)8-9-16-12(15)13(5,6)7/h10-11H,8-9H2,1-7H3. The zero-order valence-electron chi connectivity index (χ0n) is 11.8. The highest BCUT2D eigenvalue weighted by atomic mass is 16.5. The van der Waals surface area contributed by atoms with Gasteiger partial charge in [0.2, 0.25) is 0 Å². The average Bonchev–Trinajstić information content (AvgIpc) is 2.08. The lowest BCUT2D eigenvalue weighted by atomic mass is 9.97. The van der Waals surface area contributed by atoms with E-state index >= 15 is 0 Å². The quantitative estimate of drug-likeness (QED) is 0.679. The molecule has 0 spiro atoms. The van der Waals surface area contributed by atoms with Crippen LogP contribution in [0.15, 0.2) is 0 Å². The predicted octanol–water partition coefficient (Wildman–Crippen LogP) is 2.69. The van der Waals surface area contributed by atoms with Gasteiger partial charge in [-0.2, -0.15) is 0 Å². The van der Waals surface area contributed by atoms with Gasteiger partial charge in [0.05, 0.1) is 5.41 Å². The Morgan fingerprint density at radius 1 is 1.12 bits per heavy atom. The van der Waals surface area contributed by atoms with Gasteiger partial charge in [0.1, 0.15) is 6.61 Å². The molecule has 0 rings (SSSR count). The van der Waals surface area contributed by atoms with Crippen LogP contribution in [0.5, 0.6) is 0 Å². The SMILES string of the molecule is CC(C)N(CCOC(=O)C(C)(C)C)C(C)C. The molecule has 0 atom stereocenters. The molecular formula is C13H27NO2. The Bertz CT molecular complexity index is 208. The third-order valence-electron chi connectivity index (χ3n) is 2.52. The average molecular weight is 229 g/mol. The zero-order valence-corrected chi connectivity index (χ0v) is 11.8. The highest BCUT2D eigenvalue weighted by Gasteiger charge is 2.23. The highest BCUT2D eigenvalue weighted by molar-refractivity contribution is 5.75. The van der Waals surface area contributed by atoms with Gasteiger partial charge in [-0.05, 0) is 48.5 Å². The second kappa shape index (κ2) is 6.24. The van der Waals surface area contributed by atoms with E-state index in [1.807, 2.05) is 20.8 Å². The van der Waals surface area contributed by atoms with Crippen LogP contribution >= 0.6 is 0 Å². The molecule has 0 fully saturated rings. The van der Waals surface area contributed by atoms with E-state index < -0.39 is 5.41 Å². The zero-order chi connectivity index (χ0) is 12.9. The minimum absolute atomic E-state index is 0.125. The van der Waals surface area contributed by atoms with E-state index in [1.165, 1.54) is 0 Å². The molecule has 0 aromatic carbocycles. The van der Waals surface area contributed by atoms with Crippen molar-refractivity contribution in [3.8, 4) is 0 Å². The summed E-state index contributed by atoms with van der Waals surface area (Å²) in [5.74, 6) is -0.125. The van der Waals surface area contributed by atoms with Crippen LogP contribution in [0.3, 0.4) is 0 Å². The summed E-state index contributed by atoms with van der Waals surface area (Å²) in [5.41, 5.74) is -0.402. The molecule has 0 aromatic heterocycles. The molecule has 0 aliphatic heterocycles. The van der Waals surface area contributed by atoms with Gasteiger partial charge in [-0.25, -0.2) is 0 Å². The van der Waals surface area contributed by atoms with Gasteiger partial charge in [0.25, 0.3) is 0 Å². The van der Waals surface area contributed by atoms with Crippen LogP contribution in [-0.2, 0) is 9.53 Å². The lowest BCUT2D eigenvalue weighted by Gasteiger charge is -2.30. The van der Waals surface area contributed by atoms with Crippen molar-refractivity contribution in [1.29, 1.82) is 0 Å². The van der Waals surface area contributed by atoms with E-state index in [0.29, 0.717) is 18.7 Å². The summed E-state index contributed by atoms with van der Waals surface area (Å²) in [7, 11) is 0. The Hall–Kier alpha value is -0.570. The summed E-state index contributed by atoms with van der Waals surface area (Å²) in [4.78, 5) is 13.9. The molecule has 0 heterocycles. The molecule has 0 N–H and O–H groups in total. The van der Waals surface area contributed by atoms with Crippen molar-refractivity contribution in [1.82, 2.24) is 4.90 Å². The summed E-state index contributed by atoms with van der Waals surface area (Å²) >= 11 is 0. The molecule has 0 saturated heterocycles. The number of hydrogen-bond donors (Lipinski definition) is 0. The third kappa shape index (κ3) is 5.50. The van der Waals surface area contributed by atoms with Gasteiger partial charge in [0, 0.05) is 18.6 Å². The Morgan fingerprint density at radius 2 is 1.56 bits per heavy atom. The number of carbonyl (C=O) groups is 1. The fourth-order valence-corrected chi connectivity index (χ4v) is 1.57. The molecule has 0 saturated carbocycles. The van der Waals surface area contributed by atoms with Crippen LogP contribution in [0, 0.1) is 5.41 Å². The number of ether oxygens (including phenoxy) is 1. The van der Waals surface area contributed by atoms with Crippen molar-refractivity contribution in [2.75, 3.05) is 13.2 Å². The Kier molecular flexibility index (Phi) is 6.01. The number of nitrogens with zero attached hydrogens (tertiary/aromatic N) is 1. The second-order valence-electron chi connectivity index (χ2n) is 5.81. The first-order valence-electron chi connectivity index (χ1n) is 6.09. The molecule has 16 heavy (non-hydrogen) atoms. The fourth-order valence-electron chi connectivity index (χ4n) is 1.57. The lowest BCUT2D eigenvalue weighted by Crippen LogP contribution is -2.40. The van der Waals surface area contributed by atoms with Crippen LogP contribution in [0.2, 0.25) is 0 Å². The van der Waals surface area contributed by atoms with Crippen molar-refractivity contribution in [2.45, 2.75) is 60.5 Å². The van der Waals surface area contributed by atoms with Crippen molar-refractivity contribution in [3.05, 3.63) is 0 Å². The molecule has 0 aromatic rings. The Labute approximate surface area is 100 Å². The van der Waals surface area contributed by atoms with Crippen molar-refractivity contribution >= 4 is 5.97 Å². The van der Waals surface area contributed by atoms with E-state index in [2.05, 4.69) is 32.6 Å². The predicted molar refractivity (Wildman–Crippen MR) is 67.4 cm³/mol. The van der Waals surface area contributed by atoms with Crippen LogP contribution in [-0.4, -0.2) is 36.1 Å². The molecule has 0 unspecified atom stereocenters. The number of hydrogen-bond acceptors (Lipinski definition) is 3. The third-order valence-corrected chi connectivity index (χ3v) is 2.52. The summed E-state index contributed by atoms with van der Waals surface area (Å²) in [5, 5.41) is 0. The van der Waals surface area contributed by atoms with Crippen LogP contribution < -0.4 is 0 Å². The fraction of sp³-hybridized carbons (Fsp3) is 0.923. The molecule has 0 bridgehead atoms. The Balaban J connectivity index is 4.01. The Morgan fingerprint density at radius 3 is 1.88 bits per heavy atom. The maximum Gasteiger partial charge on any atom is 0.311 e. The van der Waals surface area contributed by atoms with E-state index in [4.69, 9.17) is 4.74 Å². The number of carbonyl (C=O) groups excluding carboxylic acids is 1. The first kappa shape index (κ1) is 15.4. The summed E-state index contributed by atoms with van der Waals surface area (Å²) < 4.78 is 5.26. The smallest absolute Gasteiger partial charge is 0.311 e. The molecule has 0 radical (unpaired) electrons. The minimum Gasteiger partial charge on any atom is -0.464 e.